The number of aryl methyl sites for hydroxylation is 2. The Labute approximate surface area is 133 Å². The molecule has 0 aliphatic rings. The van der Waals surface area contributed by atoms with E-state index in [1.807, 2.05) is 26.0 Å². The van der Waals surface area contributed by atoms with Crippen molar-refractivity contribution in [2.45, 2.75) is 39.8 Å². The van der Waals surface area contributed by atoms with Gasteiger partial charge in [0.05, 0.1) is 5.69 Å². The lowest BCUT2D eigenvalue weighted by atomic mass is 10.0. The van der Waals surface area contributed by atoms with Crippen LogP contribution in [0.5, 0.6) is 5.75 Å². The van der Waals surface area contributed by atoms with Crippen LogP contribution in [0.1, 0.15) is 42.0 Å². The monoisotopic (exact) mass is 352 g/mol. The molecule has 114 valence electrons. The normalized spacial score (nSPS) is 12.9. The summed E-state index contributed by atoms with van der Waals surface area (Å²) in [5.41, 5.74) is 2.97. The topological polar surface area (TPSA) is 49.5 Å². The number of hydrogen-bond donors (Lipinski definition) is 1. The van der Waals surface area contributed by atoms with Gasteiger partial charge in [0.15, 0.2) is 0 Å². The van der Waals surface area contributed by atoms with E-state index >= 15 is 0 Å². The van der Waals surface area contributed by atoms with Gasteiger partial charge in [0, 0.05) is 28.2 Å². The largest absolute Gasteiger partial charge is 0.508 e. The molecule has 0 unspecified atom stereocenters. The highest BCUT2D eigenvalue weighted by molar-refractivity contribution is 9.10. The van der Waals surface area contributed by atoms with Gasteiger partial charge < -0.3 is 9.63 Å². The standard InChI is InChI=1S/C16H21BrN2O2/c1-5-15(13-8-12(17)6-7-16(13)20)19(4)9-14-10(2)18-21-11(14)3/h6-8,15,20H,5,9H2,1-4H3/t15-/m0/s1. The van der Waals surface area contributed by atoms with Gasteiger partial charge >= 0.3 is 0 Å². The molecule has 4 nitrogen and oxygen atoms in total. The second-order valence-electron chi connectivity index (χ2n) is 5.35. The van der Waals surface area contributed by atoms with Crippen LogP contribution in [0.25, 0.3) is 0 Å². The summed E-state index contributed by atoms with van der Waals surface area (Å²) in [6.45, 7) is 6.75. The van der Waals surface area contributed by atoms with Crippen LogP contribution >= 0.6 is 15.9 Å². The molecule has 0 saturated carbocycles. The van der Waals surface area contributed by atoms with Crippen molar-refractivity contribution in [3.63, 3.8) is 0 Å². The molecule has 0 amide bonds. The van der Waals surface area contributed by atoms with Crippen molar-refractivity contribution >= 4 is 15.9 Å². The molecule has 0 saturated heterocycles. The molecule has 1 atom stereocenters. The van der Waals surface area contributed by atoms with Crippen molar-refractivity contribution in [3.8, 4) is 5.75 Å². The smallest absolute Gasteiger partial charge is 0.138 e. The van der Waals surface area contributed by atoms with Crippen molar-refractivity contribution in [3.05, 3.63) is 45.3 Å². The first kappa shape index (κ1) is 16.0. The van der Waals surface area contributed by atoms with E-state index < -0.39 is 0 Å². The van der Waals surface area contributed by atoms with Crippen molar-refractivity contribution in [2.75, 3.05) is 7.05 Å². The summed E-state index contributed by atoms with van der Waals surface area (Å²) in [6, 6.07) is 5.69. The molecule has 0 aliphatic carbocycles. The van der Waals surface area contributed by atoms with E-state index in [-0.39, 0.29) is 6.04 Å². The number of hydrogen-bond acceptors (Lipinski definition) is 4. The number of halogens is 1. The van der Waals surface area contributed by atoms with E-state index in [4.69, 9.17) is 4.52 Å². The van der Waals surface area contributed by atoms with Crippen LogP contribution < -0.4 is 0 Å². The number of rotatable bonds is 5. The van der Waals surface area contributed by atoms with Crippen LogP contribution in [0.3, 0.4) is 0 Å². The third kappa shape index (κ3) is 3.47. The minimum Gasteiger partial charge on any atom is -0.508 e. The summed E-state index contributed by atoms with van der Waals surface area (Å²) in [6.07, 6.45) is 0.907. The fourth-order valence-electron chi connectivity index (χ4n) is 2.65. The molecule has 0 radical (unpaired) electrons. The Hall–Kier alpha value is -1.33. The summed E-state index contributed by atoms with van der Waals surface area (Å²) in [5, 5.41) is 14.1. The van der Waals surface area contributed by atoms with Gasteiger partial charge in [0.2, 0.25) is 0 Å². The van der Waals surface area contributed by atoms with Gasteiger partial charge in [-0.1, -0.05) is 28.0 Å². The first-order valence-electron chi connectivity index (χ1n) is 7.04. The summed E-state index contributed by atoms with van der Waals surface area (Å²) < 4.78 is 6.20. The molecule has 0 aliphatic heterocycles. The van der Waals surface area contributed by atoms with E-state index in [9.17, 15) is 5.11 Å². The van der Waals surface area contributed by atoms with E-state index in [0.29, 0.717) is 5.75 Å². The predicted octanol–water partition coefficient (Wildman–Crippen LogP) is 4.34. The van der Waals surface area contributed by atoms with Gasteiger partial charge in [-0.3, -0.25) is 4.90 Å². The Bertz CT molecular complexity index is 605. The fourth-order valence-corrected chi connectivity index (χ4v) is 3.03. The van der Waals surface area contributed by atoms with Crippen LogP contribution in [0, 0.1) is 13.8 Å². The molecule has 21 heavy (non-hydrogen) atoms. The highest BCUT2D eigenvalue weighted by atomic mass is 79.9. The molecular formula is C16H21BrN2O2. The van der Waals surface area contributed by atoms with Crippen molar-refractivity contribution in [1.82, 2.24) is 10.1 Å². The summed E-state index contributed by atoms with van der Waals surface area (Å²) >= 11 is 3.47. The summed E-state index contributed by atoms with van der Waals surface area (Å²) in [5.74, 6) is 1.18. The number of benzene rings is 1. The molecular weight excluding hydrogens is 332 g/mol. The first-order valence-corrected chi connectivity index (χ1v) is 7.83. The third-order valence-corrected chi connectivity index (χ3v) is 4.35. The van der Waals surface area contributed by atoms with Crippen molar-refractivity contribution in [1.29, 1.82) is 0 Å². The maximum absolute atomic E-state index is 10.1. The van der Waals surface area contributed by atoms with Crippen LogP contribution in [-0.4, -0.2) is 22.2 Å². The van der Waals surface area contributed by atoms with Crippen LogP contribution in [-0.2, 0) is 6.54 Å². The van der Waals surface area contributed by atoms with E-state index in [0.717, 1.165) is 40.0 Å². The van der Waals surface area contributed by atoms with Crippen molar-refractivity contribution < 1.29 is 9.63 Å². The molecule has 1 N–H and O–H groups in total. The lowest BCUT2D eigenvalue weighted by molar-refractivity contribution is 0.224. The molecule has 1 aromatic heterocycles. The lowest BCUT2D eigenvalue weighted by Gasteiger charge is -2.28. The second-order valence-corrected chi connectivity index (χ2v) is 6.26. The lowest BCUT2D eigenvalue weighted by Crippen LogP contribution is -2.24. The average molecular weight is 353 g/mol. The summed E-state index contributed by atoms with van der Waals surface area (Å²) in [4.78, 5) is 2.22. The highest BCUT2D eigenvalue weighted by Gasteiger charge is 2.21. The molecule has 2 aromatic rings. The third-order valence-electron chi connectivity index (χ3n) is 3.86. The molecule has 0 fully saturated rings. The Morgan fingerprint density at radius 3 is 2.67 bits per heavy atom. The maximum atomic E-state index is 10.1. The maximum Gasteiger partial charge on any atom is 0.138 e. The summed E-state index contributed by atoms with van der Waals surface area (Å²) in [7, 11) is 2.06. The minimum absolute atomic E-state index is 0.135. The minimum atomic E-state index is 0.135. The van der Waals surface area contributed by atoms with Gasteiger partial charge in [-0.05, 0) is 45.5 Å². The Morgan fingerprint density at radius 2 is 2.10 bits per heavy atom. The Morgan fingerprint density at radius 1 is 1.38 bits per heavy atom. The van der Waals surface area contributed by atoms with Gasteiger partial charge in [-0.2, -0.15) is 0 Å². The van der Waals surface area contributed by atoms with Crippen molar-refractivity contribution in [2.24, 2.45) is 0 Å². The SMILES string of the molecule is CC[C@@H](c1cc(Br)ccc1O)N(C)Cc1c(C)noc1C. The van der Waals surface area contributed by atoms with Crippen LogP contribution in [0.4, 0.5) is 0 Å². The molecule has 0 bridgehead atoms. The molecule has 5 heteroatoms. The second kappa shape index (κ2) is 6.62. The number of aromatic nitrogens is 1. The Kier molecular flexibility index (Phi) is 5.06. The number of aromatic hydroxyl groups is 1. The van der Waals surface area contributed by atoms with E-state index in [1.54, 1.807) is 6.07 Å². The number of phenols is 1. The van der Waals surface area contributed by atoms with Crippen LogP contribution in [0.2, 0.25) is 0 Å². The quantitative estimate of drug-likeness (QED) is 0.869. The molecule has 2 rings (SSSR count). The highest BCUT2D eigenvalue weighted by Crippen LogP contribution is 2.33. The first-order chi connectivity index (χ1) is 9.93. The van der Waals surface area contributed by atoms with E-state index in [2.05, 4.69) is 40.0 Å². The van der Waals surface area contributed by atoms with Gasteiger partial charge in [0.1, 0.15) is 11.5 Å². The van der Waals surface area contributed by atoms with Gasteiger partial charge in [0.25, 0.3) is 0 Å². The Balaban J connectivity index is 2.26. The molecule has 0 spiro atoms. The number of phenolic OH excluding ortho intramolecular Hbond substituents is 1. The number of nitrogens with zero attached hydrogens (tertiary/aromatic N) is 2. The fraction of sp³-hybridized carbons (Fsp3) is 0.438. The zero-order valence-corrected chi connectivity index (χ0v) is 14.4. The van der Waals surface area contributed by atoms with Gasteiger partial charge in [-0.25, -0.2) is 0 Å². The van der Waals surface area contributed by atoms with E-state index in [1.165, 1.54) is 0 Å². The molecule has 1 heterocycles. The zero-order valence-electron chi connectivity index (χ0n) is 12.9. The van der Waals surface area contributed by atoms with Gasteiger partial charge in [-0.15, -0.1) is 0 Å². The predicted molar refractivity (Wildman–Crippen MR) is 86.3 cm³/mol. The average Bonchev–Trinajstić information content (AvgIpc) is 2.75. The van der Waals surface area contributed by atoms with Crippen LogP contribution in [0.15, 0.2) is 27.2 Å². The molecule has 1 aromatic carbocycles. The zero-order chi connectivity index (χ0) is 15.6.